The first-order valence-corrected chi connectivity index (χ1v) is 12.1. The molecule has 0 bridgehead atoms. The summed E-state index contributed by atoms with van der Waals surface area (Å²) in [5, 5.41) is 4.24. The highest BCUT2D eigenvalue weighted by atomic mass is 32.2. The molecule has 0 aliphatic heterocycles. The SMILES string of the molecule is CCSC(SCC)=C(C(=O)Nc1ccccc1OC)C(C)c1c[nH]c2ccccc12. The van der Waals surface area contributed by atoms with Crippen LogP contribution in [-0.4, -0.2) is 29.5 Å². The molecule has 0 saturated heterocycles. The normalized spacial score (nSPS) is 11.9. The molecule has 1 aromatic heterocycles. The largest absolute Gasteiger partial charge is 0.495 e. The molecule has 0 aliphatic rings. The average molecular weight is 441 g/mol. The number of hydrogen-bond donors (Lipinski definition) is 2. The molecule has 6 heteroatoms. The summed E-state index contributed by atoms with van der Waals surface area (Å²) in [6.45, 7) is 6.35. The predicted molar refractivity (Wildman–Crippen MR) is 132 cm³/mol. The van der Waals surface area contributed by atoms with Gasteiger partial charge < -0.3 is 15.0 Å². The molecule has 4 nitrogen and oxygen atoms in total. The van der Waals surface area contributed by atoms with Gasteiger partial charge in [0.2, 0.25) is 0 Å². The van der Waals surface area contributed by atoms with E-state index < -0.39 is 0 Å². The first kappa shape index (κ1) is 22.4. The molecule has 3 aromatic rings. The number of methoxy groups -OCH3 is 1. The Morgan fingerprint density at radius 2 is 1.73 bits per heavy atom. The van der Waals surface area contributed by atoms with Crippen LogP contribution in [0.25, 0.3) is 10.9 Å². The first-order chi connectivity index (χ1) is 14.6. The van der Waals surface area contributed by atoms with Crippen LogP contribution in [0.2, 0.25) is 0 Å². The van der Waals surface area contributed by atoms with Gasteiger partial charge in [-0.15, -0.1) is 23.5 Å². The summed E-state index contributed by atoms with van der Waals surface area (Å²) in [4.78, 5) is 16.9. The summed E-state index contributed by atoms with van der Waals surface area (Å²) >= 11 is 3.46. The van der Waals surface area contributed by atoms with Gasteiger partial charge in [-0.1, -0.05) is 51.1 Å². The highest BCUT2D eigenvalue weighted by Gasteiger charge is 2.26. The van der Waals surface area contributed by atoms with Crippen molar-refractivity contribution in [2.45, 2.75) is 26.7 Å². The molecule has 1 atom stereocenters. The van der Waals surface area contributed by atoms with E-state index in [1.165, 1.54) is 0 Å². The van der Waals surface area contributed by atoms with E-state index in [2.05, 4.69) is 43.2 Å². The molecule has 158 valence electrons. The summed E-state index contributed by atoms with van der Waals surface area (Å²) in [7, 11) is 1.61. The van der Waals surface area contributed by atoms with Crippen LogP contribution in [-0.2, 0) is 4.79 Å². The number of benzene rings is 2. The number of fused-ring (bicyclic) bond motifs is 1. The Bertz CT molecular complexity index is 1030. The standard InChI is InChI=1S/C24H28N2O2S2/c1-5-29-24(30-6-2)22(23(27)26-20-13-9-10-14-21(20)28-4)16(3)18-15-25-19-12-8-7-11-17(18)19/h7-16,25H,5-6H2,1-4H3,(H,26,27). The minimum atomic E-state index is -0.0887. The number of rotatable bonds is 9. The van der Waals surface area contributed by atoms with Crippen LogP contribution in [0.1, 0.15) is 32.3 Å². The highest BCUT2D eigenvalue weighted by Crippen LogP contribution is 2.40. The lowest BCUT2D eigenvalue weighted by atomic mass is 9.93. The molecule has 1 amide bonds. The summed E-state index contributed by atoms with van der Waals surface area (Å²) in [5.41, 5.74) is 3.68. The highest BCUT2D eigenvalue weighted by molar-refractivity contribution is 8.22. The molecule has 0 saturated carbocycles. The molecule has 0 radical (unpaired) electrons. The number of nitrogens with one attached hydrogen (secondary N) is 2. The Morgan fingerprint density at radius 1 is 1.07 bits per heavy atom. The van der Waals surface area contributed by atoms with Gasteiger partial charge in [0.1, 0.15) is 5.75 Å². The van der Waals surface area contributed by atoms with Gasteiger partial charge in [0.05, 0.1) is 12.8 Å². The third kappa shape index (κ3) is 4.87. The maximum Gasteiger partial charge on any atom is 0.253 e. The van der Waals surface area contributed by atoms with E-state index >= 15 is 0 Å². The molecule has 1 heterocycles. The van der Waals surface area contributed by atoms with Crippen LogP contribution in [0, 0.1) is 0 Å². The van der Waals surface area contributed by atoms with Crippen molar-refractivity contribution in [1.29, 1.82) is 0 Å². The van der Waals surface area contributed by atoms with Gasteiger partial charge in [-0.2, -0.15) is 0 Å². The molecule has 0 spiro atoms. The van der Waals surface area contributed by atoms with E-state index in [4.69, 9.17) is 4.74 Å². The van der Waals surface area contributed by atoms with Crippen LogP contribution < -0.4 is 10.1 Å². The molecule has 2 N–H and O–H groups in total. The molecule has 30 heavy (non-hydrogen) atoms. The summed E-state index contributed by atoms with van der Waals surface area (Å²) in [6, 6.07) is 15.7. The number of H-pyrrole nitrogens is 1. The van der Waals surface area contributed by atoms with Crippen molar-refractivity contribution < 1.29 is 9.53 Å². The Balaban J connectivity index is 2.06. The van der Waals surface area contributed by atoms with E-state index in [0.717, 1.165) is 37.8 Å². The fourth-order valence-corrected chi connectivity index (χ4v) is 5.89. The van der Waals surface area contributed by atoms with Crippen molar-refractivity contribution in [2.24, 2.45) is 0 Å². The van der Waals surface area contributed by atoms with Crippen LogP contribution in [0.3, 0.4) is 0 Å². The van der Waals surface area contributed by atoms with E-state index in [1.54, 1.807) is 30.6 Å². The number of thioether (sulfide) groups is 2. The minimum absolute atomic E-state index is 0.0658. The van der Waals surface area contributed by atoms with Crippen molar-refractivity contribution in [3.8, 4) is 5.75 Å². The fourth-order valence-electron chi connectivity index (χ4n) is 3.47. The van der Waals surface area contributed by atoms with Crippen LogP contribution in [0.5, 0.6) is 5.75 Å². The Labute approximate surface area is 186 Å². The van der Waals surface area contributed by atoms with Gasteiger partial charge in [0.25, 0.3) is 5.91 Å². The Hall–Kier alpha value is -2.31. The zero-order chi connectivity index (χ0) is 21.5. The number of amides is 1. The number of para-hydroxylation sites is 3. The second kappa shape index (κ2) is 10.6. The average Bonchev–Trinajstić information content (AvgIpc) is 3.19. The number of hydrogen-bond acceptors (Lipinski definition) is 4. The van der Waals surface area contributed by atoms with Gasteiger partial charge >= 0.3 is 0 Å². The van der Waals surface area contributed by atoms with Gasteiger partial charge in [-0.05, 0) is 35.3 Å². The fraction of sp³-hybridized carbons (Fsp3) is 0.292. The Morgan fingerprint density at radius 3 is 2.43 bits per heavy atom. The third-order valence-electron chi connectivity index (χ3n) is 4.89. The topological polar surface area (TPSA) is 54.1 Å². The smallest absolute Gasteiger partial charge is 0.253 e. The first-order valence-electron chi connectivity index (χ1n) is 10.1. The lowest BCUT2D eigenvalue weighted by molar-refractivity contribution is -0.113. The van der Waals surface area contributed by atoms with Crippen LogP contribution >= 0.6 is 23.5 Å². The lowest BCUT2D eigenvalue weighted by Gasteiger charge is -2.20. The number of aromatic nitrogens is 1. The van der Waals surface area contributed by atoms with E-state index in [-0.39, 0.29) is 11.8 Å². The van der Waals surface area contributed by atoms with Crippen LogP contribution in [0.4, 0.5) is 5.69 Å². The zero-order valence-electron chi connectivity index (χ0n) is 17.8. The number of aromatic amines is 1. The van der Waals surface area contributed by atoms with Crippen molar-refractivity contribution in [1.82, 2.24) is 4.98 Å². The second-order valence-corrected chi connectivity index (χ2v) is 9.54. The van der Waals surface area contributed by atoms with E-state index in [9.17, 15) is 4.79 Å². The maximum atomic E-state index is 13.6. The number of anilines is 1. The molecule has 1 unspecified atom stereocenters. The van der Waals surface area contributed by atoms with Crippen LogP contribution in [0.15, 0.2) is 64.5 Å². The van der Waals surface area contributed by atoms with E-state index in [1.807, 2.05) is 42.6 Å². The molecular weight excluding hydrogens is 412 g/mol. The monoisotopic (exact) mass is 440 g/mol. The van der Waals surface area contributed by atoms with Gasteiger partial charge in [-0.3, -0.25) is 4.79 Å². The number of carbonyl (C=O) groups excluding carboxylic acids is 1. The van der Waals surface area contributed by atoms with Crippen molar-refractivity contribution >= 4 is 46.0 Å². The van der Waals surface area contributed by atoms with Gasteiger partial charge in [0.15, 0.2) is 0 Å². The molecule has 0 fully saturated rings. The Kier molecular flexibility index (Phi) is 7.94. The molecule has 2 aromatic carbocycles. The number of ether oxygens (including phenoxy) is 1. The predicted octanol–water partition coefficient (Wildman–Crippen LogP) is 6.64. The molecule has 3 rings (SSSR count). The zero-order valence-corrected chi connectivity index (χ0v) is 19.5. The minimum Gasteiger partial charge on any atom is -0.495 e. The summed E-state index contributed by atoms with van der Waals surface area (Å²) < 4.78 is 6.50. The third-order valence-corrected chi connectivity index (χ3v) is 7.14. The van der Waals surface area contributed by atoms with Gasteiger partial charge in [0, 0.05) is 32.8 Å². The van der Waals surface area contributed by atoms with Gasteiger partial charge in [-0.25, -0.2) is 0 Å². The summed E-state index contributed by atoms with van der Waals surface area (Å²) in [5.74, 6) is 2.32. The van der Waals surface area contributed by atoms with E-state index in [0.29, 0.717) is 11.4 Å². The quantitative estimate of drug-likeness (QED) is 0.366. The van der Waals surface area contributed by atoms with Crippen molar-refractivity contribution in [3.63, 3.8) is 0 Å². The van der Waals surface area contributed by atoms with Crippen molar-refractivity contribution in [2.75, 3.05) is 23.9 Å². The maximum absolute atomic E-state index is 13.6. The molecular formula is C24H28N2O2S2. The number of carbonyl (C=O) groups is 1. The lowest BCUT2D eigenvalue weighted by Crippen LogP contribution is -2.20. The molecule has 0 aliphatic carbocycles. The van der Waals surface area contributed by atoms with Crippen molar-refractivity contribution in [3.05, 3.63) is 70.1 Å². The second-order valence-electron chi connectivity index (χ2n) is 6.73. The summed E-state index contributed by atoms with van der Waals surface area (Å²) in [6.07, 6.45) is 2.02.